The first-order valence-electron chi connectivity index (χ1n) is 49.1. The van der Waals surface area contributed by atoms with Gasteiger partial charge in [-0.05, 0) is 98.4 Å². The zero-order valence-corrected chi connectivity index (χ0v) is 85.6. The fourth-order valence-corrected chi connectivity index (χ4v) is 25.4. The van der Waals surface area contributed by atoms with Gasteiger partial charge in [-0.15, -0.1) is 0 Å². The van der Waals surface area contributed by atoms with E-state index in [1.807, 2.05) is 159 Å². The van der Waals surface area contributed by atoms with Crippen LogP contribution in [-0.4, -0.2) is 304 Å². The van der Waals surface area contributed by atoms with E-state index >= 15 is 0 Å². The number of hydrogen-bond donors (Lipinski definition) is 4. The van der Waals surface area contributed by atoms with Crippen LogP contribution in [0.1, 0.15) is 120 Å². The predicted octanol–water partition coefficient (Wildman–Crippen LogP) is 6.30. The molecule has 41 nitrogen and oxygen atoms in total. The average Bonchev–Trinajstić information content (AvgIpc) is 1.59. The summed E-state index contributed by atoms with van der Waals surface area (Å²) in [5, 5.41) is 22.0. The van der Waals surface area contributed by atoms with Crippen LogP contribution < -0.4 is 52.0 Å². The Kier molecular flexibility index (Phi) is 34.5. The van der Waals surface area contributed by atoms with E-state index in [0.29, 0.717) is 220 Å². The van der Waals surface area contributed by atoms with Crippen LogP contribution in [0.25, 0.3) is 33.8 Å². The Labute approximate surface area is 843 Å². The van der Waals surface area contributed by atoms with Crippen LogP contribution in [0.15, 0.2) is 230 Å². The van der Waals surface area contributed by atoms with Gasteiger partial charge in [-0.1, -0.05) is 129 Å². The van der Waals surface area contributed by atoms with Crippen molar-refractivity contribution >= 4 is 57.8 Å². The molecule has 7 aromatic heterocycles. The lowest BCUT2D eigenvalue weighted by Gasteiger charge is -2.33. The van der Waals surface area contributed by atoms with Crippen LogP contribution in [0.3, 0.4) is 0 Å². The van der Waals surface area contributed by atoms with Crippen molar-refractivity contribution in [2.45, 2.75) is 111 Å². The van der Waals surface area contributed by atoms with E-state index in [0.717, 1.165) is 11.1 Å². The predicted molar refractivity (Wildman–Crippen MR) is 544 cm³/mol. The van der Waals surface area contributed by atoms with Crippen LogP contribution >= 0.6 is 0 Å². The van der Waals surface area contributed by atoms with Gasteiger partial charge in [0.05, 0.1) is 85.4 Å². The number of piperazine rings is 3. The smallest absolute Gasteiger partial charge is 0.329 e. The van der Waals surface area contributed by atoms with Gasteiger partial charge < -0.3 is 49.6 Å². The molecule has 774 valence electrons. The molecule has 3 atom stereocenters. The van der Waals surface area contributed by atoms with Crippen LogP contribution in [-0.2, 0) is 85.6 Å². The minimum absolute atomic E-state index is 0.00561. The summed E-state index contributed by atoms with van der Waals surface area (Å²) in [5.41, 5.74) is 4.71. The van der Waals surface area contributed by atoms with Crippen molar-refractivity contribution < 1.29 is 67.0 Å². The Morgan fingerprint density at radius 1 is 0.421 bits per heavy atom. The Balaban J connectivity index is 0.000000156. The van der Waals surface area contributed by atoms with Crippen LogP contribution in [0.2, 0.25) is 0 Å². The first-order chi connectivity index (χ1) is 70.0. The number of ether oxygens (including phenoxy) is 4. The number of piperidine rings is 3. The number of rotatable bonds is 35. The number of aryl methyl sites for hydroxylation is 3. The van der Waals surface area contributed by atoms with Gasteiger partial charge >= 0.3 is 17.1 Å². The molecule has 45 heteroatoms. The Hall–Kier alpha value is -12.8. The fraction of sp³-hybridized carbons (Fsp3) is 0.440. The number of methoxy groups -OCH3 is 1. The lowest BCUT2D eigenvalue weighted by Crippen LogP contribution is -2.47. The van der Waals surface area contributed by atoms with Crippen LogP contribution in [0.5, 0.6) is 17.2 Å². The van der Waals surface area contributed by atoms with Crippen molar-refractivity contribution in [2.24, 2.45) is 27.1 Å². The molecule has 0 spiro atoms. The molecule has 12 aromatic rings. The highest BCUT2D eigenvalue weighted by atomic mass is 32.2. The van der Waals surface area contributed by atoms with E-state index in [4.69, 9.17) is 18.9 Å². The number of nitrogens with one attached hydrogen (secondary N) is 4. The summed E-state index contributed by atoms with van der Waals surface area (Å²) in [7, 11) is -8.47. The Morgan fingerprint density at radius 2 is 0.766 bits per heavy atom. The monoisotopic (exact) mass is 2070 g/mol. The number of nitrogens with zero attached hydrogens (tertiary/aromatic N) is 19. The Bertz CT molecular complexity index is 7150. The van der Waals surface area contributed by atoms with Crippen molar-refractivity contribution in [2.75, 3.05) is 164 Å². The van der Waals surface area contributed by atoms with Gasteiger partial charge in [0.25, 0.3) is 17.7 Å². The molecule has 0 radical (unpaired) electrons. The van der Waals surface area contributed by atoms with E-state index < -0.39 is 63.9 Å². The highest BCUT2D eigenvalue weighted by molar-refractivity contribution is 7.90. The normalized spacial score (nSPS) is 17.6. The zero-order valence-electron chi connectivity index (χ0n) is 82.4. The second-order valence-corrected chi connectivity index (χ2v) is 44.7. The molecule has 3 amide bonds. The first kappa shape index (κ1) is 105. The maximum absolute atomic E-state index is 14.8. The van der Waals surface area contributed by atoms with Gasteiger partial charge in [-0.25, -0.2) is 52.8 Å². The molecule has 5 aromatic carbocycles. The molecule has 145 heavy (non-hydrogen) atoms. The lowest BCUT2D eigenvalue weighted by atomic mass is 10.0. The second-order valence-electron chi connectivity index (χ2n) is 37.1. The molecule has 3 unspecified atom stereocenters. The molecule has 6 fully saturated rings. The molecule has 6 aliphatic rings. The van der Waals surface area contributed by atoms with Crippen LogP contribution in [0, 0.1) is 5.92 Å². The summed E-state index contributed by atoms with van der Waals surface area (Å²) in [6.45, 7) is 13.5. The number of carbonyl (C=O) groups excluding carboxylic acids is 3. The number of aromatic nitrogens is 13. The highest BCUT2D eigenvalue weighted by Crippen LogP contribution is 2.39. The number of benzene rings is 5. The van der Waals surface area contributed by atoms with Crippen molar-refractivity contribution in [3.8, 4) is 51.0 Å². The summed E-state index contributed by atoms with van der Waals surface area (Å²) in [5.74, 6) is 1.07. The molecular weight excluding hydrogens is 1940 g/mol. The van der Waals surface area contributed by atoms with E-state index in [1.54, 1.807) is 84.2 Å². The summed E-state index contributed by atoms with van der Waals surface area (Å²) in [6, 6.07) is 45.0. The first-order valence-corrected chi connectivity index (χ1v) is 55.0. The SMILES string of the molecule is CC(C)CS(=O)(=O)NCCCn1c(C(=O)N2CCNCC2)c(-c2ccccc2)n(C2CCCN(S(=O)(=O)c3cnn(C)c3)C2)c1=O.COCCOc1cccc(Cn2c(C(=O)N3CCNCC3)c(-c3ccccc3)n(C3CCCN(S(=O)(=O)c4cnn(C)c4)C3)c2=O)c1.Cn1cc(S(=O)(=O)N2CCCC(n3c(-c4ccccc4)c(C(=O)N4CCNCC4)n(Cc4cccc(OCCOc5cccnc5)c4)c3=O)C2)cn1. The molecule has 0 saturated carbocycles. The van der Waals surface area contributed by atoms with Gasteiger partial charge in [0, 0.05) is 201 Å². The molecule has 6 aliphatic heterocycles. The maximum atomic E-state index is 14.8. The molecule has 6 saturated heterocycles. The molecule has 0 bridgehead atoms. The second kappa shape index (κ2) is 47.6. The Morgan fingerprint density at radius 3 is 1.10 bits per heavy atom. The third-order valence-electron chi connectivity index (χ3n) is 26.3. The largest absolute Gasteiger partial charge is 0.491 e. The third-order valence-corrected chi connectivity index (χ3v) is 33.5. The minimum Gasteiger partial charge on any atom is -0.491 e. The number of imidazole rings is 3. The van der Waals surface area contributed by atoms with Gasteiger partial charge in [0.15, 0.2) is 0 Å². The third kappa shape index (κ3) is 24.8. The summed E-state index contributed by atoms with van der Waals surface area (Å²) < 4.78 is 150. The molecule has 13 heterocycles. The maximum Gasteiger partial charge on any atom is 0.329 e. The molecule has 0 aliphatic carbocycles. The van der Waals surface area contributed by atoms with Gasteiger partial charge in [-0.3, -0.25) is 60.8 Å². The molecular formula is C100H127N23O18S4. The fourth-order valence-electron chi connectivity index (χ4n) is 19.4. The average molecular weight is 2070 g/mol. The zero-order chi connectivity index (χ0) is 102. The molecule has 18 rings (SSSR count). The number of amides is 3. The summed E-state index contributed by atoms with van der Waals surface area (Å²) >= 11 is 0. The highest BCUT2D eigenvalue weighted by Gasteiger charge is 2.43. The van der Waals surface area contributed by atoms with Crippen molar-refractivity contribution in [1.82, 2.24) is 110 Å². The van der Waals surface area contributed by atoms with Crippen molar-refractivity contribution in [3.05, 3.63) is 261 Å². The number of carbonyl (C=O) groups is 3. The molecule has 4 N–H and O–H groups in total. The minimum atomic E-state index is -3.87. The number of pyridine rings is 1. The van der Waals surface area contributed by atoms with E-state index in [1.165, 1.54) is 68.7 Å². The lowest BCUT2D eigenvalue weighted by molar-refractivity contribution is 0.0718. The number of sulfonamides is 4. The van der Waals surface area contributed by atoms with Crippen molar-refractivity contribution in [3.63, 3.8) is 0 Å². The summed E-state index contributed by atoms with van der Waals surface area (Å²) in [6.07, 6.45) is 15.3. The standard InChI is InChI=1S/C37H42N8O6S.C33H41N7O6S.C30H44N8O6S2/c1-41-27-33(24-40-41)52(48,49)43-17-7-11-30(26-43)45-34(29-9-3-2-4-10-29)35(36(46)42-18-15-38-16-19-42)44(37(45)47)25-28-8-5-12-31(22-28)50-20-21-51-32-13-6-14-39-23-32;1-36-24-29(21-35-36)47(43,44)38-15-7-11-27(23-38)40-30(26-9-4-3-5-10-26)31(32(41)37-16-13-34-14-17-37)39(33(40)42)22-25-8-6-12-28(20-25)46-19-18-45-2;1-23(2)22-45(41,42)33-12-8-16-37-28(29(39)35-17-13-31-14-18-35)27(24-9-5-4-6-10-24)38(30(37)40)25-11-7-15-36(20-25)46(43,44)26-19-32-34(3)21-26/h2-6,8-10,12-14,22-24,27,30,38H,7,11,15-21,25-26H2,1H3;3-6,8-10,12,20-21,24,27,34H,7,11,13-19,22-23H2,1-2H3;4-6,9-10,19,21,23,25,31,33H,7-8,11-18,20,22H2,1-3H3. The van der Waals surface area contributed by atoms with Gasteiger partial charge in [0.2, 0.25) is 40.1 Å². The van der Waals surface area contributed by atoms with Crippen molar-refractivity contribution in [1.29, 1.82) is 0 Å². The summed E-state index contributed by atoms with van der Waals surface area (Å²) in [4.78, 5) is 97.0. The van der Waals surface area contributed by atoms with E-state index in [9.17, 15) is 62.4 Å². The van der Waals surface area contributed by atoms with E-state index in [-0.39, 0.29) is 119 Å². The van der Waals surface area contributed by atoms with Crippen LogP contribution in [0.4, 0.5) is 0 Å². The topological polar surface area (TPSA) is 439 Å². The van der Waals surface area contributed by atoms with Gasteiger partial charge in [0.1, 0.15) is 68.8 Å². The van der Waals surface area contributed by atoms with Gasteiger partial charge in [-0.2, -0.15) is 28.2 Å². The van der Waals surface area contributed by atoms with E-state index in [2.05, 4.69) is 41.0 Å². The number of hydrogen-bond acceptors (Lipinski definition) is 25. The quantitative estimate of drug-likeness (QED) is 0.0316.